The molecule has 0 aliphatic carbocycles. The predicted octanol–water partition coefficient (Wildman–Crippen LogP) is 6.26. The van der Waals surface area contributed by atoms with Crippen LogP contribution >= 0.6 is 12.4 Å². The van der Waals surface area contributed by atoms with Gasteiger partial charge in [-0.05, 0) is 58.0 Å². The van der Waals surface area contributed by atoms with E-state index >= 15 is 0 Å². The van der Waals surface area contributed by atoms with Crippen LogP contribution < -0.4 is 4.90 Å². The summed E-state index contributed by atoms with van der Waals surface area (Å²) < 4.78 is 12.2. The van der Waals surface area contributed by atoms with Gasteiger partial charge in [0.1, 0.15) is 23.6 Å². The lowest BCUT2D eigenvalue weighted by atomic mass is 9.93. The number of hydrogen-bond donors (Lipinski definition) is 0. The number of anilines is 1. The molecule has 1 aliphatic heterocycles. The zero-order chi connectivity index (χ0) is 27.7. The van der Waals surface area contributed by atoms with E-state index in [0.29, 0.717) is 22.7 Å². The minimum Gasteiger partial charge on any atom is -0.460 e. The van der Waals surface area contributed by atoms with Crippen molar-refractivity contribution in [1.82, 2.24) is 9.88 Å². The summed E-state index contributed by atoms with van der Waals surface area (Å²) in [6.07, 6.45) is 1.01. The molecule has 1 atom stereocenters. The molecule has 208 valence electrons. The number of carbonyl (C=O) groups is 1. The van der Waals surface area contributed by atoms with Crippen LogP contribution in [-0.2, 0) is 21.6 Å². The number of benzene rings is 3. The van der Waals surface area contributed by atoms with Gasteiger partial charge in [0.05, 0.1) is 11.3 Å². The minimum atomic E-state index is -1.16. The highest BCUT2D eigenvalue weighted by atomic mass is 35.5. The average Bonchev–Trinajstić information content (AvgIpc) is 3.61. The van der Waals surface area contributed by atoms with E-state index in [2.05, 4.69) is 42.1 Å². The smallest absolute Gasteiger partial charge is 0.321 e. The first-order valence-corrected chi connectivity index (χ1v) is 13.3. The topological polar surface area (TPSA) is 82.6 Å². The number of halogens is 1. The second-order valence-electron chi connectivity index (χ2n) is 10.9. The number of likely N-dealkylation sites (N-methyl/N-ethyl adjacent to an activating group) is 1. The van der Waals surface area contributed by atoms with E-state index in [-0.39, 0.29) is 24.9 Å². The molecule has 4 aromatic rings. The molecule has 1 aromatic heterocycles. The molecule has 8 heteroatoms. The minimum absolute atomic E-state index is 0. The Kier molecular flexibility index (Phi) is 8.53. The molecule has 40 heavy (non-hydrogen) atoms. The molecule has 0 unspecified atom stereocenters. The van der Waals surface area contributed by atoms with Crippen molar-refractivity contribution in [3.8, 4) is 17.2 Å². The summed E-state index contributed by atoms with van der Waals surface area (Å²) in [6.45, 7) is 7.30. The Morgan fingerprint density at radius 1 is 1.15 bits per heavy atom. The van der Waals surface area contributed by atoms with Gasteiger partial charge in [0, 0.05) is 24.7 Å². The molecule has 0 radical (unpaired) electrons. The fourth-order valence-corrected chi connectivity index (χ4v) is 5.26. The van der Waals surface area contributed by atoms with Crippen molar-refractivity contribution in [3.05, 3.63) is 83.2 Å². The molecule has 0 saturated carbocycles. The predicted molar refractivity (Wildman–Crippen MR) is 160 cm³/mol. The van der Waals surface area contributed by atoms with E-state index in [1.165, 1.54) is 0 Å². The Hall–Kier alpha value is -3.86. The SMILES string of the molecule is Cc1c(-c2ccccc2)c(N2CC[C@H](N(C)C)C2)c2oc(C(C)(C)C(=O)OCc3ccccc3)nc2c1C#N.Cl. The number of esters is 1. The van der Waals surface area contributed by atoms with Crippen LogP contribution in [0.3, 0.4) is 0 Å². The molecule has 1 aliphatic rings. The number of rotatable bonds is 7. The third-order valence-electron chi connectivity index (χ3n) is 7.71. The molecule has 5 rings (SSSR count). The van der Waals surface area contributed by atoms with Gasteiger partial charge in [-0.1, -0.05) is 60.7 Å². The summed E-state index contributed by atoms with van der Waals surface area (Å²) in [5.41, 5.74) is 4.97. The van der Waals surface area contributed by atoms with Crippen LogP contribution in [0.2, 0.25) is 0 Å². The Balaban J connectivity index is 0.00000370. The van der Waals surface area contributed by atoms with Gasteiger partial charge in [-0.15, -0.1) is 12.4 Å². The number of ether oxygens (including phenoxy) is 1. The first kappa shape index (κ1) is 29.1. The van der Waals surface area contributed by atoms with Crippen LogP contribution in [0.1, 0.15) is 42.8 Å². The quantitative estimate of drug-likeness (QED) is 0.248. The van der Waals surface area contributed by atoms with Crippen molar-refractivity contribution in [1.29, 1.82) is 5.26 Å². The third-order valence-corrected chi connectivity index (χ3v) is 7.71. The lowest BCUT2D eigenvalue weighted by Gasteiger charge is -2.25. The normalized spacial score (nSPS) is 15.2. The van der Waals surface area contributed by atoms with Gasteiger partial charge in [-0.25, -0.2) is 4.98 Å². The van der Waals surface area contributed by atoms with Crippen molar-refractivity contribution >= 4 is 35.2 Å². The maximum atomic E-state index is 13.3. The van der Waals surface area contributed by atoms with Crippen LogP contribution in [0, 0.1) is 18.3 Å². The molecule has 7 nitrogen and oxygen atoms in total. The third kappa shape index (κ3) is 5.30. The molecule has 2 heterocycles. The summed E-state index contributed by atoms with van der Waals surface area (Å²) in [7, 11) is 4.20. The van der Waals surface area contributed by atoms with Crippen LogP contribution in [0.25, 0.3) is 22.2 Å². The van der Waals surface area contributed by atoms with Crippen LogP contribution in [0.5, 0.6) is 0 Å². The van der Waals surface area contributed by atoms with E-state index in [1.54, 1.807) is 13.8 Å². The van der Waals surface area contributed by atoms with E-state index in [0.717, 1.165) is 47.5 Å². The van der Waals surface area contributed by atoms with E-state index in [1.807, 2.05) is 55.5 Å². The van der Waals surface area contributed by atoms with Crippen LogP contribution in [0.4, 0.5) is 5.69 Å². The second kappa shape index (κ2) is 11.7. The Morgan fingerprint density at radius 3 is 2.40 bits per heavy atom. The van der Waals surface area contributed by atoms with Gasteiger partial charge >= 0.3 is 5.97 Å². The molecule has 3 aromatic carbocycles. The standard InChI is InChI=1S/C32H34N4O3.ClH/c1-21-25(18-33)27-29(39-30(34-27)32(2,3)31(37)38-20-22-12-8-6-9-13-22)28(26(21)23-14-10-7-11-15-23)36-17-16-24(19-36)35(4)5;/h6-15,24H,16-17,19-20H2,1-5H3;1H/t24-;/m0./s1. The number of fused-ring (bicyclic) bond motifs is 1. The lowest BCUT2D eigenvalue weighted by Crippen LogP contribution is -2.31. The Bertz CT molecular complexity index is 1540. The number of oxazole rings is 1. The van der Waals surface area contributed by atoms with E-state index in [9.17, 15) is 10.1 Å². The van der Waals surface area contributed by atoms with Crippen molar-refractivity contribution in [2.24, 2.45) is 0 Å². The summed E-state index contributed by atoms with van der Waals surface area (Å²) >= 11 is 0. The van der Waals surface area contributed by atoms with Gasteiger partial charge in [0.15, 0.2) is 5.58 Å². The molecule has 0 N–H and O–H groups in total. The van der Waals surface area contributed by atoms with Gasteiger partial charge in [-0.2, -0.15) is 5.26 Å². The fourth-order valence-electron chi connectivity index (χ4n) is 5.26. The number of carbonyl (C=O) groups excluding carboxylic acids is 1. The van der Waals surface area contributed by atoms with Crippen molar-refractivity contribution in [2.75, 3.05) is 32.1 Å². The van der Waals surface area contributed by atoms with Gasteiger partial charge in [0.2, 0.25) is 5.89 Å². The zero-order valence-electron chi connectivity index (χ0n) is 23.6. The average molecular weight is 559 g/mol. The summed E-state index contributed by atoms with van der Waals surface area (Å²) in [4.78, 5) is 22.6. The zero-order valence-corrected chi connectivity index (χ0v) is 24.4. The number of hydrogen-bond acceptors (Lipinski definition) is 7. The van der Waals surface area contributed by atoms with Gasteiger partial charge < -0.3 is 19.0 Å². The first-order chi connectivity index (χ1) is 18.7. The maximum Gasteiger partial charge on any atom is 0.321 e. The molecule has 1 saturated heterocycles. The second-order valence-corrected chi connectivity index (χ2v) is 10.9. The van der Waals surface area contributed by atoms with E-state index in [4.69, 9.17) is 14.1 Å². The van der Waals surface area contributed by atoms with Crippen molar-refractivity contribution in [2.45, 2.75) is 45.3 Å². The number of nitrogens with zero attached hydrogens (tertiary/aromatic N) is 4. The highest BCUT2D eigenvalue weighted by Gasteiger charge is 2.39. The highest BCUT2D eigenvalue weighted by molar-refractivity contribution is 6.02. The molecular formula is C32H35ClN4O3. The molecule has 0 spiro atoms. The van der Waals surface area contributed by atoms with Crippen LogP contribution in [0.15, 0.2) is 65.1 Å². The fraction of sp³-hybridized carbons (Fsp3) is 0.344. The molecular weight excluding hydrogens is 524 g/mol. The lowest BCUT2D eigenvalue weighted by molar-refractivity contribution is -0.151. The molecule has 0 bridgehead atoms. The first-order valence-electron chi connectivity index (χ1n) is 13.3. The maximum absolute atomic E-state index is 13.3. The summed E-state index contributed by atoms with van der Waals surface area (Å²) in [5, 5.41) is 10.2. The monoisotopic (exact) mass is 558 g/mol. The number of aromatic nitrogens is 1. The summed E-state index contributed by atoms with van der Waals surface area (Å²) in [5.74, 6) is -0.201. The Morgan fingerprint density at radius 2 is 1.80 bits per heavy atom. The summed E-state index contributed by atoms with van der Waals surface area (Å²) in [6, 6.07) is 22.4. The van der Waals surface area contributed by atoms with Crippen molar-refractivity contribution in [3.63, 3.8) is 0 Å². The largest absolute Gasteiger partial charge is 0.460 e. The van der Waals surface area contributed by atoms with Crippen molar-refractivity contribution < 1.29 is 13.9 Å². The number of nitriles is 1. The van der Waals surface area contributed by atoms with Gasteiger partial charge in [0.25, 0.3) is 0 Å². The van der Waals surface area contributed by atoms with E-state index < -0.39 is 11.4 Å². The van der Waals surface area contributed by atoms with Crippen LogP contribution in [-0.4, -0.2) is 49.1 Å². The molecule has 0 amide bonds. The Labute approximate surface area is 241 Å². The van der Waals surface area contributed by atoms with Gasteiger partial charge in [-0.3, -0.25) is 4.79 Å². The molecule has 1 fully saturated rings. The highest BCUT2D eigenvalue weighted by Crippen LogP contribution is 2.45.